The highest BCUT2D eigenvalue weighted by Crippen LogP contribution is 2.27. The lowest BCUT2D eigenvalue weighted by Gasteiger charge is -2.22. The van der Waals surface area contributed by atoms with Crippen LogP contribution in [0.5, 0.6) is 0 Å². The topological polar surface area (TPSA) is 92.8 Å². The number of sulfonamides is 1. The van der Waals surface area contributed by atoms with Crippen LogP contribution in [0.3, 0.4) is 0 Å². The summed E-state index contributed by atoms with van der Waals surface area (Å²) < 4.78 is 31.9. The molecule has 0 aromatic heterocycles. The molecule has 0 aliphatic carbocycles. The van der Waals surface area contributed by atoms with E-state index in [1.54, 1.807) is 24.3 Å². The lowest BCUT2D eigenvalue weighted by molar-refractivity contribution is -0.151. The van der Waals surface area contributed by atoms with E-state index in [0.29, 0.717) is 22.9 Å². The molecule has 1 heterocycles. The lowest BCUT2D eigenvalue weighted by Crippen LogP contribution is -2.42. The molecule has 7 nitrogen and oxygen atoms in total. The van der Waals surface area contributed by atoms with E-state index in [-0.39, 0.29) is 18.0 Å². The van der Waals surface area contributed by atoms with Gasteiger partial charge in [-0.05, 0) is 48.7 Å². The maximum absolute atomic E-state index is 12.9. The van der Waals surface area contributed by atoms with E-state index in [4.69, 9.17) is 27.9 Å². The molecule has 1 N–H and O–H groups in total. The zero-order valence-corrected chi connectivity index (χ0v) is 18.2. The number of amides is 1. The molecule has 1 aliphatic heterocycles. The van der Waals surface area contributed by atoms with Gasteiger partial charge in [-0.3, -0.25) is 9.59 Å². The lowest BCUT2D eigenvalue weighted by atomic mass is 10.2. The highest BCUT2D eigenvalue weighted by molar-refractivity contribution is 7.89. The van der Waals surface area contributed by atoms with E-state index in [1.165, 1.54) is 24.3 Å². The van der Waals surface area contributed by atoms with Crippen LogP contribution in [-0.2, 0) is 30.9 Å². The van der Waals surface area contributed by atoms with Gasteiger partial charge in [0.1, 0.15) is 6.04 Å². The average Bonchev–Trinajstić information content (AvgIpc) is 3.23. The molecule has 3 rings (SSSR count). The van der Waals surface area contributed by atoms with Crippen molar-refractivity contribution in [3.05, 3.63) is 64.1 Å². The third kappa shape index (κ3) is 5.31. The third-order valence-corrected chi connectivity index (χ3v) is 7.22. The first-order chi connectivity index (χ1) is 14.3. The Kier molecular flexibility index (Phi) is 7.36. The second-order valence-corrected chi connectivity index (χ2v) is 9.44. The van der Waals surface area contributed by atoms with Crippen molar-refractivity contribution in [1.82, 2.24) is 9.62 Å². The van der Waals surface area contributed by atoms with E-state index in [1.807, 2.05) is 0 Å². The van der Waals surface area contributed by atoms with Gasteiger partial charge in [0.15, 0.2) is 6.61 Å². The van der Waals surface area contributed by atoms with E-state index in [2.05, 4.69) is 5.32 Å². The molecule has 0 bridgehead atoms. The average molecular weight is 471 g/mol. The molecule has 0 saturated carbocycles. The summed E-state index contributed by atoms with van der Waals surface area (Å²) in [5.74, 6) is -1.26. The number of hydrogen-bond donors (Lipinski definition) is 1. The van der Waals surface area contributed by atoms with Crippen LogP contribution >= 0.6 is 23.2 Å². The third-order valence-electron chi connectivity index (χ3n) is 4.68. The summed E-state index contributed by atoms with van der Waals surface area (Å²) in [7, 11) is -3.88. The summed E-state index contributed by atoms with van der Waals surface area (Å²) in [6.07, 6.45) is 0.845. The number of carbonyl (C=O) groups is 2. The highest BCUT2D eigenvalue weighted by Gasteiger charge is 2.40. The van der Waals surface area contributed by atoms with Gasteiger partial charge < -0.3 is 10.1 Å². The molecule has 0 radical (unpaired) electrons. The van der Waals surface area contributed by atoms with Crippen molar-refractivity contribution in [3.63, 3.8) is 0 Å². The van der Waals surface area contributed by atoms with Crippen LogP contribution in [0, 0.1) is 0 Å². The van der Waals surface area contributed by atoms with Gasteiger partial charge in [0.05, 0.1) is 4.90 Å². The number of hydrogen-bond acceptors (Lipinski definition) is 5. The maximum Gasteiger partial charge on any atom is 0.324 e. The second kappa shape index (κ2) is 9.78. The fourth-order valence-corrected chi connectivity index (χ4v) is 5.10. The molecule has 1 amide bonds. The van der Waals surface area contributed by atoms with Crippen molar-refractivity contribution in [2.24, 2.45) is 0 Å². The van der Waals surface area contributed by atoms with Crippen molar-refractivity contribution in [1.29, 1.82) is 0 Å². The maximum atomic E-state index is 12.9. The number of esters is 1. The number of carbonyl (C=O) groups excluding carboxylic acids is 2. The quantitative estimate of drug-likeness (QED) is 0.627. The standard InChI is InChI=1S/C20H20Cl2N2O5S/c21-15-7-9-16(10-8-15)30(27,28)24-11-3-6-18(24)20(26)29-13-19(25)23-12-14-4-1-2-5-17(14)22/h1-2,4-5,7-10,18H,3,6,11-13H2,(H,23,25)/t18-/m0/s1. The van der Waals surface area contributed by atoms with Gasteiger partial charge in [-0.2, -0.15) is 4.31 Å². The van der Waals surface area contributed by atoms with E-state index < -0.39 is 34.5 Å². The van der Waals surface area contributed by atoms with Crippen LogP contribution in [0.1, 0.15) is 18.4 Å². The predicted octanol–water partition coefficient (Wildman–Crippen LogP) is 3.01. The van der Waals surface area contributed by atoms with Crippen molar-refractivity contribution in [2.45, 2.75) is 30.3 Å². The molecule has 1 fully saturated rings. The molecule has 2 aromatic carbocycles. The molecular formula is C20H20Cl2N2O5S. The van der Waals surface area contributed by atoms with Crippen LogP contribution in [0.4, 0.5) is 0 Å². The van der Waals surface area contributed by atoms with Gasteiger partial charge in [-0.25, -0.2) is 8.42 Å². The van der Waals surface area contributed by atoms with E-state index in [0.717, 1.165) is 9.87 Å². The van der Waals surface area contributed by atoms with E-state index >= 15 is 0 Å². The Bertz CT molecular complexity index is 1030. The van der Waals surface area contributed by atoms with Crippen LogP contribution in [0.15, 0.2) is 53.4 Å². The van der Waals surface area contributed by atoms with Gasteiger partial charge in [-0.1, -0.05) is 41.4 Å². The predicted molar refractivity (Wildman–Crippen MR) is 113 cm³/mol. The van der Waals surface area contributed by atoms with Crippen molar-refractivity contribution < 1.29 is 22.7 Å². The first-order valence-electron chi connectivity index (χ1n) is 9.23. The minimum Gasteiger partial charge on any atom is -0.454 e. The number of nitrogens with one attached hydrogen (secondary N) is 1. The fourth-order valence-electron chi connectivity index (χ4n) is 3.12. The Hall–Kier alpha value is -2.13. The zero-order valence-electron chi connectivity index (χ0n) is 15.9. The summed E-state index contributed by atoms with van der Waals surface area (Å²) in [5.41, 5.74) is 0.731. The van der Waals surface area contributed by atoms with Gasteiger partial charge >= 0.3 is 5.97 Å². The summed E-state index contributed by atoms with van der Waals surface area (Å²) >= 11 is 11.8. The molecule has 0 spiro atoms. The Balaban J connectivity index is 1.57. The summed E-state index contributed by atoms with van der Waals surface area (Å²) in [5, 5.41) is 3.54. The molecule has 1 aliphatic rings. The fraction of sp³-hybridized carbons (Fsp3) is 0.300. The van der Waals surface area contributed by atoms with Crippen LogP contribution in [0.2, 0.25) is 10.0 Å². The minimum absolute atomic E-state index is 0.0454. The van der Waals surface area contributed by atoms with E-state index in [9.17, 15) is 18.0 Å². The number of benzene rings is 2. The minimum atomic E-state index is -3.88. The number of ether oxygens (including phenoxy) is 1. The zero-order chi connectivity index (χ0) is 21.7. The Morgan fingerprint density at radius 1 is 1.10 bits per heavy atom. The number of halogens is 2. The molecule has 0 unspecified atom stereocenters. The van der Waals surface area contributed by atoms with Gasteiger partial charge in [0.25, 0.3) is 5.91 Å². The van der Waals surface area contributed by atoms with Crippen LogP contribution < -0.4 is 5.32 Å². The van der Waals surface area contributed by atoms with Crippen LogP contribution in [-0.4, -0.2) is 43.8 Å². The van der Waals surface area contributed by atoms with Gasteiger partial charge in [-0.15, -0.1) is 0 Å². The highest BCUT2D eigenvalue weighted by atomic mass is 35.5. The molecule has 1 saturated heterocycles. The molecule has 30 heavy (non-hydrogen) atoms. The first-order valence-corrected chi connectivity index (χ1v) is 11.4. The monoisotopic (exact) mass is 470 g/mol. The summed E-state index contributed by atoms with van der Waals surface area (Å²) in [4.78, 5) is 24.5. The normalized spacial score (nSPS) is 16.9. The largest absolute Gasteiger partial charge is 0.454 e. The molecule has 1 atom stereocenters. The molecular weight excluding hydrogens is 451 g/mol. The van der Waals surface area contributed by atoms with Crippen molar-refractivity contribution in [3.8, 4) is 0 Å². The molecule has 2 aromatic rings. The smallest absolute Gasteiger partial charge is 0.324 e. The van der Waals surface area contributed by atoms with Crippen molar-refractivity contribution >= 4 is 45.1 Å². The number of nitrogens with zero attached hydrogens (tertiary/aromatic N) is 1. The first kappa shape index (κ1) is 22.6. The van der Waals surface area contributed by atoms with Crippen LogP contribution in [0.25, 0.3) is 0 Å². The second-order valence-electron chi connectivity index (χ2n) is 6.70. The van der Waals surface area contributed by atoms with Gasteiger partial charge in [0, 0.05) is 23.1 Å². The number of rotatable bonds is 7. The summed E-state index contributed by atoms with van der Waals surface area (Å²) in [6, 6.07) is 11.8. The SMILES string of the molecule is O=C(COC(=O)[C@@H]1CCCN1S(=O)(=O)c1ccc(Cl)cc1)NCc1ccccc1Cl. The Labute approximate surface area is 185 Å². The Morgan fingerprint density at radius 3 is 2.50 bits per heavy atom. The van der Waals surface area contributed by atoms with Crippen molar-refractivity contribution in [2.75, 3.05) is 13.2 Å². The molecule has 10 heteroatoms. The summed E-state index contributed by atoms with van der Waals surface area (Å²) in [6.45, 7) is -0.116. The Morgan fingerprint density at radius 2 is 1.80 bits per heavy atom. The molecule has 160 valence electrons. The van der Waals surface area contributed by atoms with Gasteiger partial charge in [0.2, 0.25) is 10.0 Å².